The van der Waals surface area contributed by atoms with E-state index < -0.39 is 11.6 Å². The molecule has 1 heterocycles. The first-order chi connectivity index (χ1) is 18.3. The van der Waals surface area contributed by atoms with E-state index in [9.17, 15) is 9.59 Å². The number of nitrogens with one attached hydrogen (secondary N) is 1. The van der Waals surface area contributed by atoms with Crippen molar-refractivity contribution in [2.75, 3.05) is 19.1 Å². The molecule has 4 aromatic rings. The zero-order valence-electron chi connectivity index (χ0n) is 22.3. The Balaban J connectivity index is 1.87. The van der Waals surface area contributed by atoms with Gasteiger partial charge in [-0.1, -0.05) is 48.5 Å². The second-order valence-corrected chi connectivity index (χ2v) is 9.58. The minimum Gasteiger partial charge on any atom is -0.497 e. The van der Waals surface area contributed by atoms with Crippen LogP contribution in [0.25, 0.3) is 11.0 Å². The molecular weight excluding hydrogens is 482 g/mol. The molecule has 9 nitrogen and oxygen atoms in total. The highest BCUT2D eigenvalue weighted by Crippen LogP contribution is 2.36. The van der Waals surface area contributed by atoms with Crippen molar-refractivity contribution < 1.29 is 19.1 Å². The first-order valence-corrected chi connectivity index (χ1v) is 12.5. The Bertz CT molecular complexity index is 1430. The summed E-state index contributed by atoms with van der Waals surface area (Å²) in [5.74, 6) is 0.347. The third-order valence-electron chi connectivity index (χ3n) is 6.58. The highest BCUT2D eigenvalue weighted by Gasteiger charge is 2.36. The molecule has 1 aromatic heterocycles. The van der Waals surface area contributed by atoms with E-state index in [0.29, 0.717) is 34.7 Å². The number of hydrogen-bond donors (Lipinski definition) is 1. The maximum atomic E-state index is 14.2. The molecule has 1 N–H and O–H groups in total. The Morgan fingerprint density at radius 3 is 2.47 bits per heavy atom. The third kappa shape index (κ3) is 5.61. The summed E-state index contributed by atoms with van der Waals surface area (Å²) < 4.78 is 12.6. The number of benzene rings is 3. The van der Waals surface area contributed by atoms with Gasteiger partial charge in [-0.25, -0.2) is 4.68 Å². The summed E-state index contributed by atoms with van der Waals surface area (Å²) in [5.41, 5.74) is 1.95. The largest absolute Gasteiger partial charge is 0.497 e. The predicted octanol–water partition coefficient (Wildman–Crippen LogP) is 4.53. The first-order valence-electron chi connectivity index (χ1n) is 12.5. The summed E-state index contributed by atoms with van der Waals surface area (Å²) in [4.78, 5) is 29.7. The second kappa shape index (κ2) is 11.3. The summed E-state index contributed by atoms with van der Waals surface area (Å²) >= 11 is 0. The fraction of sp³-hybridized carbons (Fsp3) is 0.310. The SMILES string of the molecule is CCC(C)(C)NC(=O)[C@@H](c1cccc(OC)c1)N(C(=O)Cn1nnc2ccccc21)c1ccccc1OC. The minimum absolute atomic E-state index is 0.135. The highest BCUT2D eigenvalue weighted by molar-refractivity contribution is 6.02. The number of nitrogens with zero attached hydrogens (tertiary/aromatic N) is 4. The standard InChI is InChI=1S/C29H33N5O4/c1-6-29(2,3)30-28(36)27(20-12-11-13-21(18-20)37-4)34(24-16-9-10-17-25(24)38-5)26(35)19-33-23-15-8-7-14-22(23)31-32-33/h7-18,27H,6,19H2,1-5H3,(H,30,36)/t27-/m1/s1. The van der Waals surface area contributed by atoms with Gasteiger partial charge in [0.1, 0.15) is 29.6 Å². The smallest absolute Gasteiger partial charge is 0.249 e. The van der Waals surface area contributed by atoms with Crippen LogP contribution in [0.1, 0.15) is 38.8 Å². The van der Waals surface area contributed by atoms with E-state index in [1.807, 2.05) is 57.2 Å². The lowest BCUT2D eigenvalue weighted by Crippen LogP contribution is -2.51. The zero-order chi connectivity index (χ0) is 27.3. The van der Waals surface area contributed by atoms with Crippen LogP contribution >= 0.6 is 0 Å². The van der Waals surface area contributed by atoms with Gasteiger partial charge in [0, 0.05) is 5.54 Å². The van der Waals surface area contributed by atoms with Gasteiger partial charge in [-0.2, -0.15) is 0 Å². The van der Waals surface area contributed by atoms with E-state index in [-0.39, 0.29) is 18.4 Å². The average molecular weight is 516 g/mol. The van der Waals surface area contributed by atoms with Gasteiger partial charge in [-0.3, -0.25) is 14.5 Å². The fourth-order valence-corrected chi connectivity index (χ4v) is 4.20. The fourth-order valence-electron chi connectivity index (χ4n) is 4.20. The zero-order valence-corrected chi connectivity index (χ0v) is 22.3. The normalized spacial score (nSPS) is 12.1. The van der Waals surface area contributed by atoms with Gasteiger partial charge in [-0.15, -0.1) is 5.10 Å². The molecular formula is C29H33N5O4. The van der Waals surface area contributed by atoms with Crippen molar-refractivity contribution in [1.82, 2.24) is 20.3 Å². The maximum Gasteiger partial charge on any atom is 0.249 e. The van der Waals surface area contributed by atoms with Gasteiger partial charge in [-0.05, 0) is 62.2 Å². The van der Waals surface area contributed by atoms with Gasteiger partial charge in [0.25, 0.3) is 0 Å². The van der Waals surface area contributed by atoms with E-state index in [1.54, 1.807) is 43.5 Å². The van der Waals surface area contributed by atoms with Gasteiger partial charge >= 0.3 is 0 Å². The quantitative estimate of drug-likeness (QED) is 0.333. The van der Waals surface area contributed by atoms with Crippen LogP contribution in [0.4, 0.5) is 5.69 Å². The molecule has 198 valence electrons. The van der Waals surface area contributed by atoms with Crippen LogP contribution in [0.2, 0.25) is 0 Å². The summed E-state index contributed by atoms with van der Waals surface area (Å²) in [6, 6.07) is 20.7. The molecule has 3 aromatic carbocycles. The molecule has 0 aliphatic carbocycles. The molecule has 38 heavy (non-hydrogen) atoms. The van der Waals surface area contributed by atoms with Gasteiger partial charge in [0.15, 0.2) is 0 Å². The Morgan fingerprint density at radius 2 is 1.74 bits per heavy atom. The molecule has 0 aliphatic rings. The summed E-state index contributed by atoms with van der Waals surface area (Å²) in [7, 11) is 3.10. The number of ether oxygens (including phenoxy) is 2. The maximum absolute atomic E-state index is 14.2. The number of amides is 2. The first kappa shape index (κ1) is 26.7. The Labute approximate surface area is 222 Å². The molecule has 0 spiro atoms. The molecule has 4 rings (SSSR count). The predicted molar refractivity (Wildman–Crippen MR) is 146 cm³/mol. The average Bonchev–Trinajstić information content (AvgIpc) is 3.33. The topological polar surface area (TPSA) is 98.6 Å². The molecule has 0 fully saturated rings. The molecule has 0 saturated carbocycles. The monoisotopic (exact) mass is 515 g/mol. The van der Waals surface area contributed by atoms with E-state index >= 15 is 0 Å². The van der Waals surface area contributed by atoms with E-state index in [4.69, 9.17) is 9.47 Å². The third-order valence-corrected chi connectivity index (χ3v) is 6.58. The lowest BCUT2D eigenvalue weighted by molar-refractivity contribution is -0.128. The number of methoxy groups -OCH3 is 2. The number of anilines is 1. The molecule has 0 aliphatic heterocycles. The van der Waals surface area contributed by atoms with Crippen LogP contribution in [0, 0.1) is 0 Å². The van der Waals surface area contributed by atoms with Crippen LogP contribution in [0.15, 0.2) is 72.8 Å². The van der Waals surface area contributed by atoms with Crippen molar-refractivity contribution in [2.45, 2.75) is 45.3 Å². The summed E-state index contributed by atoms with van der Waals surface area (Å²) in [6.45, 7) is 5.76. The Morgan fingerprint density at radius 1 is 1.00 bits per heavy atom. The van der Waals surface area contributed by atoms with E-state index in [1.165, 1.54) is 16.7 Å². The number of carbonyl (C=O) groups excluding carboxylic acids is 2. The van der Waals surface area contributed by atoms with Gasteiger partial charge in [0.2, 0.25) is 11.8 Å². The van der Waals surface area contributed by atoms with Crippen molar-refractivity contribution in [3.63, 3.8) is 0 Å². The molecule has 1 atom stereocenters. The summed E-state index contributed by atoms with van der Waals surface area (Å²) in [6.07, 6.45) is 0.705. The Hall–Kier alpha value is -4.40. The number of carbonyl (C=O) groups is 2. The molecule has 0 saturated heterocycles. The van der Waals surface area contributed by atoms with Gasteiger partial charge in [0.05, 0.1) is 25.4 Å². The van der Waals surface area contributed by atoms with Crippen molar-refractivity contribution in [3.8, 4) is 11.5 Å². The van der Waals surface area contributed by atoms with Crippen LogP contribution in [-0.2, 0) is 16.1 Å². The number of hydrogen-bond acceptors (Lipinski definition) is 6. The van der Waals surface area contributed by atoms with Crippen LogP contribution in [-0.4, -0.2) is 46.6 Å². The molecule has 0 bridgehead atoms. The number of para-hydroxylation sites is 3. The van der Waals surface area contributed by atoms with Crippen molar-refractivity contribution in [2.24, 2.45) is 0 Å². The number of fused-ring (bicyclic) bond motifs is 1. The Kier molecular flexibility index (Phi) is 7.95. The minimum atomic E-state index is -1.02. The number of aromatic nitrogens is 3. The van der Waals surface area contributed by atoms with Crippen molar-refractivity contribution in [3.05, 3.63) is 78.4 Å². The summed E-state index contributed by atoms with van der Waals surface area (Å²) in [5, 5.41) is 11.5. The van der Waals surface area contributed by atoms with E-state index in [0.717, 1.165) is 5.52 Å². The van der Waals surface area contributed by atoms with Crippen molar-refractivity contribution in [1.29, 1.82) is 0 Å². The molecule has 0 unspecified atom stereocenters. The lowest BCUT2D eigenvalue weighted by atomic mass is 9.98. The van der Waals surface area contributed by atoms with E-state index in [2.05, 4.69) is 15.6 Å². The molecule has 2 amide bonds. The molecule has 0 radical (unpaired) electrons. The van der Waals surface area contributed by atoms with Crippen molar-refractivity contribution >= 4 is 28.5 Å². The van der Waals surface area contributed by atoms with Crippen LogP contribution in [0.3, 0.4) is 0 Å². The lowest BCUT2D eigenvalue weighted by Gasteiger charge is -2.35. The van der Waals surface area contributed by atoms with Crippen LogP contribution in [0.5, 0.6) is 11.5 Å². The highest BCUT2D eigenvalue weighted by atomic mass is 16.5. The number of rotatable bonds is 10. The second-order valence-electron chi connectivity index (χ2n) is 9.58. The van der Waals surface area contributed by atoms with Gasteiger partial charge < -0.3 is 14.8 Å². The van der Waals surface area contributed by atoms with Crippen LogP contribution < -0.4 is 19.7 Å². The molecule has 9 heteroatoms.